The summed E-state index contributed by atoms with van der Waals surface area (Å²) in [5.41, 5.74) is 0.762. The van der Waals surface area contributed by atoms with Crippen molar-refractivity contribution in [2.24, 2.45) is 5.92 Å². The molecule has 2 aromatic heterocycles. The molecule has 0 aliphatic carbocycles. The van der Waals surface area contributed by atoms with Crippen LogP contribution in [0.5, 0.6) is 0 Å². The van der Waals surface area contributed by atoms with E-state index in [1.165, 1.54) is 10.4 Å². The van der Waals surface area contributed by atoms with Gasteiger partial charge in [0.15, 0.2) is 0 Å². The zero-order valence-corrected chi connectivity index (χ0v) is 21.1. The van der Waals surface area contributed by atoms with Crippen LogP contribution < -0.4 is 10.2 Å². The molecule has 33 heavy (non-hydrogen) atoms. The van der Waals surface area contributed by atoms with Gasteiger partial charge >= 0.3 is 6.09 Å². The van der Waals surface area contributed by atoms with Gasteiger partial charge in [0.25, 0.3) is 0 Å². The maximum Gasteiger partial charge on any atom is 0.410 e. The average molecular weight is 474 g/mol. The van der Waals surface area contributed by atoms with Crippen LogP contribution in [0, 0.1) is 19.8 Å². The number of carbonyl (C=O) groups excluding carboxylic acids is 2. The summed E-state index contributed by atoms with van der Waals surface area (Å²) in [4.78, 5) is 40.6. The van der Waals surface area contributed by atoms with Crippen molar-refractivity contribution >= 4 is 39.4 Å². The van der Waals surface area contributed by atoms with Crippen LogP contribution in [-0.2, 0) is 9.53 Å². The molecular formula is C24H35N5O3S. The summed E-state index contributed by atoms with van der Waals surface area (Å²) in [6.45, 7) is 12.7. The molecule has 2 saturated heterocycles. The molecular weight excluding hydrogens is 438 g/mol. The molecule has 2 aliphatic rings. The summed E-state index contributed by atoms with van der Waals surface area (Å²) in [6.07, 6.45) is 4.54. The number of ether oxygens (including phenoxy) is 1. The first-order valence-corrected chi connectivity index (χ1v) is 12.7. The number of carbonyl (C=O) groups is 2. The maximum absolute atomic E-state index is 12.9. The van der Waals surface area contributed by atoms with Gasteiger partial charge in [0.05, 0.1) is 5.39 Å². The Labute approximate surface area is 199 Å². The Kier molecular flexibility index (Phi) is 6.79. The minimum Gasteiger partial charge on any atom is -0.444 e. The summed E-state index contributed by atoms with van der Waals surface area (Å²) in [6, 6.07) is 0.118. The fourth-order valence-corrected chi connectivity index (χ4v) is 5.60. The summed E-state index contributed by atoms with van der Waals surface area (Å²) in [5, 5.41) is 4.39. The number of aryl methyl sites for hydroxylation is 2. The number of anilines is 1. The Balaban J connectivity index is 1.27. The Morgan fingerprint density at radius 1 is 1.06 bits per heavy atom. The van der Waals surface area contributed by atoms with Crippen molar-refractivity contribution < 1.29 is 14.3 Å². The molecule has 4 rings (SSSR count). The summed E-state index contributed by atoms with van der Waals surface area (Å²) in [5.74, 6) is 1.16. The number of hydrogen-bond acceptors (Lipinski definition) is 7. The molecule has 9 heteroatoms. The fourth-order valence-electron chi connectivity index (χ4n) is 4.61. The zero-order valence-electron chi connectivity index (χ0n) is 20.3. The van der Waals surface area contributed by atoms with Crippen LogP contribution in [0.2, 0.25) is 0 Å². The van der Waals surface area contributed by atoms with E-state index in [1.807, 2.05) is 20.8 Å². The van der Waals surface area contributed by atoms with Crippen LogP contribution in [0.15, 0.2) is 6.33 Å². The lowest BCUT2D eigenvalue weighted by molar-refractivity contribution is -0.126. The summed E-state index contributed by atoms with van der Waals surface area (Å²) in [7, 11) is 0. The minimum absolute atomic E-state index is 0.0211. The molecule has 2 aliphatic heterocycles. The second-order valence-electron chi connectivity index (χ2n) is 10.2. The quantitative estimate of drug-likeness (QED) is 0.724. The number of amides is 2. The molecule has 2 aromatic rings. The lowest BCUT2D eigenvalue weighted by Gasteiger charge is -2.36. The standard InChI is InChI=1S/C24H35N5O3S/c1-15-16(2)33-22-19(15)20(25-14-26-22)28-10-6-17(7-11-28)21(30)27-18-8-12-29(13-9-18)23(31)32-24(3,4)5/h14,17-18H,6-13H2,1-5H3,(H,27,30). The smallest absolute Gasteiger partial charge is 0.410 e. The Hall–Kier alpha value is -2.42. The molecule has 0 radical (unpaired) electrons. The SMILES string of the molecule is Cc1sc2ncnc(N3CCC(C(=O)NC4CCN(C(=O)OC(C)(C)C)CC4)CC3)c2c1C. The predicted octanol–water partition coefficient (Wildman–Crippen LogP) is 4.04. The van der Waals surface area contributed by atoms with E-state index < -0.39 is 5.60 Å². The largest absolute Gasteiger partial charge is 0.444 e. The van der Waals surface area contributed by atoms with E-state index in [9.17, 15) is 9.59 Å². The normalized spacial score (nSPS) is 18.6. The molecule has 2 amide bonds. The third-order valence-electron chi connectivity index (χ3n) is 6.60. The number of fused-ring (bicyclic) bond motifs is 1. The van der Waals surface area contributed by atoms with Crippen LogP contribution in [-0.4, -0.2) is 64.7 Å². The topological polar surface area (TPSA) is 87.7 Å². The Bertz CT molecular complexity index is 1020. The van der Waals surface area contributed by atoms with Gasteiger partial charge in [0.1, 0.15) is 22.6 Å². The lowest BCUT2D eigenvalue weighted by atomic mass is 9.94. The van der Waals surface area contributed by atoms with Crippen molar-refractivity contribution in [3.05, 3.63) is 16.8 Å². The average Bonchev–Trinajstić information content (AvgIpc) is 3.07. The van der Waals surface area contributed by atoms with Gasteiger partial charge in [-0.15, -0.1) is 11.3 Å². The van der Waals surface area contributed by atoms with Gasteiger partial charge in [-0.05, 0) is 65.9 Å². The zero-order chi connectivity index (χ0) is 23.8. The van der Waals surface area contributed by atoms with E-state index in [1.54, 1.807) is 22.6 Å². The molecule has 8 nitrogen and oxygen atoms in total. The molecule has 4 heterocycles. The minimum atomic E-state index is -0.491. The van der Waals surface area contributed by atoms with Gasteiger partial charge in [-0.1, -0.05) is 0 Å². The van der Waals surface area contributed by atoms with Gasteiger partial charge < -0.3 is 19.9 Å². The van der Waals surface area contributed by atoms with E-state index in [-0.39, 0.29) is 24.0 Å². The van der Waals surface area contributed by atoms with Gasteiger partial charge in [-0.3, -0.25) is 4.79 Å². The highest BCUT2D eigenvalue weighted by Gasteiger charge is 2.31. The van der Waals surface area contributed by atoms with Crippen molar-refractivity contribution in [3.63, 3.8) is 0 Å². The van der Waals surface area contributed by atoms with E-state index in [2.05, 4.69) is 34.0 Å². The number of likely N-dealkylation sites (tertiary alicyclic amines) is 1. The number of piperidine rings is 2. The van der Waals surface area contributed by atoms with Gasteiger partial charge in [0.2, 0.25) is 5.91 Å². The molecule has 0 atom stereocenters. The molecule has 180 valence electrons. The highest BCUT2D eigenvalue weighted by molar-refractivity contribution is 7.18. The first kappa shape index (κ1) is 23.7. The second-order valence-corrected chi connectivity index (χ2v) is 11.4. The van der Waals surface area contributed by atoms with Crippen molar-refractivity contribution in [1.29, 1.82) is 0 Å². The molecule has 2 fully saturated rings. The van der Waals surface area contributed by atoms with Crippen LogP contribution in [0.3, 0.4) is 0 Å². The first-order chi connectivity index (χ1) is 15.6. The van der Waals surface area contributed by atoms with Gasteiger partial charge in [-0.2, -0.15) is 0 Å². The van der Waals surface area contributed by atoms with Crippen molar-refractivity contribution in [3.8, 4) is 0 Å². The summed E-state index contributed by atoms with van der Waals surface area (Å²) >= 11 is 1.71. The van der Waals surface area contributed by atoms with E-state index in [0.29, 0.717) is 13.1 Å². The van der Waals surface area contributed by atoms with Gasteiger partial charge in [0, 0.05) is 43.0 Å². The number of aromatic nitrogens is 2. The Morgan fingerprint density at radius 2 is 1.73 bits per heavy atom. The van der Waals surface area contributed by atoms with Crippen molar-refractivity contribution in [2.75, 3.05) is 31.1 Å². The van der Waals surface area contributed by atoms with E-state index in [4.69, 9.17) is 4.74 Å². The molecule has 0 unspecified atom stereocenters. The fraction of sp³-hybridized carbons (Fsp3) is 0.667. The van der Waals surface area contributed by atoms with Crippen molar-refractivity contribution in [2.45, 2.75) is 71.9 Å². The third-order valence-corrected chi connectivity index (χ3v) is 7.72. The molecule has 0 aromatic carbocycles. The van der Waals surface area contributed by atoms with Crippen LogP contribution in [0.1, 0.15) is 56.9 Å². The number of nitrogens with zero attached hydrogens (tertiary/aromatic N) is 4. The van der Waals surface area contributed by atoms with Crippen LogP contribution in [0.4, 0.5) is 10.6 Å². The predicted molar refractivity (Wildman–Crippen MR) is 131 cm³/mol. The molecule has 0 spiro atoms. The van der Waals surface area contributed by atoms with Gasteiger partial charge in [-0.25, -0.2) is 14.8 Å². The molecule has 0 bridgehead atoms. The highest BCUT2D eigenvalue weighted by atomic mass is 32.1. The summed E-state index contributed by atoms with van der Waals surface area (Å²) < 4.78 is 5.46. The number of nitrogens with one attached hydrogen (secondary N) is 1. The van der Waals surface area contributed by atoms with Crippen LogP contribution >= 0.6 is 11.3 Å². The van der Waals surface area contributed by atoms with Crippen molar-refractivity contribution in [1.82, 2.24) is 20.2 Å². The second kappa shape index (κ2) is 9.44. The Morgan fingerprint density at radius 3 is 2.36 bits per heavy atom. The van der Waals surface area contributed by atoms with E-state index >= 15 is 0 Å². The number of rotatable bonds is 3. The third kappa shape index (κ3) is 5.39. The highest BCUT2D eigenvalue weighted by Crippen LogP contribution is 2.35. The molecule has 0 saturated carbocycles. The number of thiophene rings is 1. The maximum atomic E-state index is 12.9. The number of hydrogen-bond donors (Lipinski definition) is 1. The van der Waals surface area contributed by atoms with E-state index in [0.717, 1.165) is 54.8 Å². The monoisotopic (exact) mass is 473 g/mol. The molecule has 1 N–H and O–H groups in total. The van der Waals surface area contributed by atoms with Crippen LogP contribution in [0.25, 0.3) is 10.2 Å². The lowest BCUT2D eigenvalue weighted by Crippen LogP contribution is -2.50. The first-order valence-electron chi connectivity index (χ1n) is 11.9.